The van der Waals surface area contributed by atoms with Gasteiger partial charge in [-0.3, -0.25) is 24.6 Å². The third-order valence-electron chi connectivity index (χ3n) is 8.93. The SMILES string of the molecule is COC(=O)c1c(OC)cc(OC)cc1C1NC(CC2CCCCC2)(C(=O)O)C2C(=O)N(Cc3ccccc3)C(=O)C12. The smallest absolute Gasteiger partial charge is 0.341 e. The molecule has 3 fully saturated rings. The number of imide groups is 1. The van der Waals surface area contributed by atoms with E-state index < -0.39 is 47.2 Å². The molecule has 2 amide bonds. The molecule has 2 aliphatic heterocycles. The molecule has 0 spiro atoms. The number of amides is 2. The summed E-state index contributed by atoms with van der Waals surface area (Å²) in [7, 11) is 4.08. The molecule has 2 aromatic carbocycles. The number of fused-ring (bicyclic) bond motifs is 1. The first kappa shape index (κ1) is 28.6. The van der Waals surface area contributed by atoms with Gasteiger partial charge in [-0.15, -0.1) is 0 Å². The van der Waals surface area contributed by atoms with Crippen molar-refractivity contribution in [2.45, 2.75) is 56.7 Å². The Labute approximate surface area is 238 Å². The summed E-state index contributed by atoms with van der Waals surface area (Å²) in [6.07, 6.45) is 4.99. The number of methoxy groups -OCH3 is 3. The Bertz CT molecular complexity index is 1340. The average Bonchev–Trinajstić information content (AvgIpc) is 3.46. The van der Waals surface area contributed by atoms with E-state index in [1.54, 1.807) is 6.07 Å². The van der Waals surface area contributed by atoms with E-state index in [2.05, 4.69) is 5.32 Å². The molecule has 0 bridgehead atoms. The molecule has 10 heteroatoms. The van der Waals surface area contributed by atoms with E-state index >= 15 is 0 Å². The van der Waals surface area contributed by atoms with Crippen LogP contribution in [0.15, 0.2) is 42.5 Å². The number of esters is 1. The highest BCUT2D eigenvalue weighted by atomic mass is 16.5. The molecule has 3 aliphatic rings. The van der Waals surface area contributed by atoms with Crippen molar-refractivity contribution in [1.82, 2.24) is 10.2 Å². The van der Waals surface area contributed by atoms with Crippen LogP contribution in [0.25, 0.3) is 0 Å². The summed E-state index contributed by atoms with van der Waals surface area (Å²) in [6, 6.07) is 11.2. The number of hydrogen-bond donors (Lipinski definition) is 2. The molecule has 1 saturated carbocycles. The first-order chi connectivity index (χ1) is 19.7. The number of nitrogens with zero attached hydrogens (tertiary/aromatic N) is 1. The minimum absolute atomic E-state index is 0.0304. The maximum Gasteiger partial charge on any atom is 0.341 e. The van der Waals surface area contributed by atoms with E-state index in [0.717, 1.165) is 37.7 Å². The second-order valence-corrected chi connectivity index (χ2v) is 11.1. The molecule has 2 N–H and O–H groups in total. The van der Waals surface area contributed by atoms with Gasteiger partial charge in [0.15, 0.2) is 0 Å². The number of ether oxygens (including phenoxy) is 3. The number of carboxylic acid groups (broad SMARTS) is 1. The van der Waals surface area contributed by atoms with Crippen LogP contribution < -0.4 is 14.8 Å². The van der Waals surface area contributed by atoms with Crippen LogP contribution in [-0.4, -0.2) is 60.6 Å². The van der Waals surface area contributed by atoms with E-state index in [0.29, 0.717) is 5.75 Å². The Hall–Kier alpha value is -3.92. The van der Waals surface area contributed by atoms with Crippen molar-refractivity contribution in [3.63, 3.8) is 0 Å². The topological polar surface area (TPSA) is 131 Å². The van der Waals surface area contributed by atoms with Crippen molar-refractivity contribution in [2.75, 3.05) is 21.3 Å². The summed E-state index contributed by atoms with van der Waals surface area (Å²) in [5, 5.41) is 14.1. The Balaban J connectivity index is 1.67. The van der Waals surface area contributed by atoms with E-state index in [9.17, 15) is 24.3 Å². The lowest BCUT2D eigenvalue weighted by Crippen LogP contribution is -2.56. The number of nitrogens with one attached hydrogen (secondary N) is 1. The molecule has 0 aromatic heterocycles. The van der Waals surface area contributed by atoms with E-state index in [1.165, 1.54) is 32.3 Å². The van der Waals surface area contributed by atoms with Crippen molar-refractivity contribution < 1.29 is 38.5 Å². The van der Waals surface area contributed by atoms with Crippen LogP contribution in [0.5, 0.6) is 11.5 Å². The predicted octanol–water partition coefficient (Wildman–Crippen LogP) is 3.73. The molecule has 218 valence electrons. The Morgan fingerprint density at radius 3 is 2.32 bits per heavy atom. The fraction of sp³-hybridized carbons (Fsp3) is 0.484. The summed E-state index contributed by atoms with van der Waals surface area (Å²) in [4.78, 5) is 55.8. The number of carbonyl (C=O) groups excluding carboxylic acids is 3. The van der Waals surface area contributed by atoms with Gasteiger partial charge in [0.1, 0.15) is 22.6 Å². The molecule has 4 unspecified atom stereocenters. The second-order valence-electron chi connectivity index (χ2n) is 11.1. The molecular formula is C31H36N2O8. The van der Waals surface area contributed by atoms with Crippen molar-refractivity contribution in [1.29, 1.82) is 0 Å². The normalized spacial score (nSPS) is 26.1. The van der Waals surface area contributed by atoms with Crippen molar-refractivity contribution in [3.05, 3.63) is 59.2 Å². The quantitative estimate of drug-likeness (QED) is 0.345. The van der Waals surface area contributed by atoms with Crippen LogP contribution in [0.4, 0.5) is 0 Å². The van der Waals surface area contributed by atoms with Crippen molar-refractivity contribution in [2.24, 2.45) is 17.8 Å². The zero-order valence-electron chi connectivity index (χ0n) is 23.6. The fourth-order valence-electron chi connectivity index (χ4n) is 7.02. The number of aliphatic carboxylic acids is 1. The number of rotatable bonds is 9. The van der Waals surface area contributed by atoms with Crippen molar-refractivity contribution >= 4 is 23.8 Å². The first-order valence-electron chi connectivity index (χ1n) is 14.0. The van der Waals surface area contributed by atoms with Crippen LogP contribution in [0.1, 0.15) is 66.1 Å². The van der Waals surface area contributed by atoms with Gasteiger partial charge in [-0.05, 0) is 29.5 Å². The molecule has 2 heterocycles. The third-order valence-corrected chi connectivity index (χ3v) is 8.93. The molecule has 2 aromatic rings. The number of carbonyl (C=O) groups is 4. The number of carboxylic acids is 1. The van der Waals surface area contributed by atoms with Gasteiger partial charge in [0.25, 0.3) is 0 Å². The van der Waals surface area contributed by atoms with Crippen LogP contribution in [-0.2, 0) is 25.7 Å². The third kappa shape index (κ3) is 4.94. The predicted molar refractivity (Wildman–Crippen MR) is 147 cm³/mol. The van der Waals surface area contributed by atoms with Gasteiger partial charge in [-0.25, -0.2) is 4.79 Å². The zero-order chi connectivity index (χ0) is 29.3. The Morgan fingerprint density at radius 1 is 1.00 bits per heavy atom. The minimum atomic E-state index is -1.71. The van der Waals surface area contributed by atoms with Gasteiger partial charge in [0.2, 0.25) is 11.8 Å². The first-order valence-corrected chi connectivity index (χ1v) is 14.0. The summed E-state index contributed by atoms with van der Waals surface area (Å²) < 4.78 is 16.0. The molecule has 4 atom stereocenters. The zero-order valence-corrected chi connectivity index (χ0v) is 23.6. The van der Waals surface area contributed by atoms with Gasteiger partial charge in [0, 0.05) is 12.1 Å². The Kier molecular flexibility index (Phi) is 8.04. The maximum atomic E-state index is 14.1. The van der Waals surface area contributed by atoms with E-state index in [1.807, 2.05) is 30.3 Å². The lowest BCUT2D eigenvalue weighted by molar-refractivity contribution is -0.152. The van der Waals surface area contributed by atoms with Gasteiger partial charge in [0.05, 0.1) is 39.7 Å². The van der Waals surface area contributed by atoms with E-state index in [-0.39, 0.29) is 35.8 Å². The lowest BCUT2D eigenvalue weighted by atomic mass is 9.72. The number of hydrogen-bond acceptors (Lipinski definition) is 8. The minimum Gasteiger partial charge on any atom is -0.497 e. The molecular weight excluding hydrogens is 528 g/mol. The van der Waals surface area contributed by atoms with Gasteiger partial charge >= 0.3 is 11.9 Å². The maximum absolute atomic E-state index is 14.1. The summed E-state index contributed by atoms with van der Waals surface area (Å²) in [5.41, 5.74) is -0.616. The number of likely N-dealkylation sites (tertiary alicyclic amines) is 1. The highest BCUT2D eigenvalue weighted by Crippen LogP contribution is 2.53. The molecule has 2 saturated heterocycles. The largest absolute Gasteiger partial charge is 0.497 e. The molecule has 1 aliphatic carbocycles. The monoisotopic (exact) mass is 564 g/mol. The van der Waals surface area contributed by atoms with Gasteiger partial charge in [-0.1, -0.05) is 62.4 Å². The number of benzene rings is 2. The van der Waals surface area contributed by atoms with Crippen LogP contribution in [0.2, 0.25) is 0 Å². The second kappa shape index (κ2) is 11.5. The Morgan fingerprint density at radius 2 is 1.71 bits per heavy atom. The standard InChI is InChI=1S/C31H36N2O8/c1-39-20-14-21(23(29(36)41-3)22(15-20)40-2)26-24-25(28(35)33(27(24)34)17-19-12-8-5-9-13-19)31(32-26,30(37)38)16-18-10-6-4-7-11-18/h5,8-9,12-15,18,24-26,32H,4,6-7,10-11,16-17H2,1-3H3,(H,37,38). The highest BCUT2D eigenvalue weighted by Gasteiger charge is 2.69. The van der Waals surface area contributed by atoms with E-state index in [4.69, 9.17) is 14.2 Å². The average molecular weight is 565 g/mol. The summed E-state index contributed by atoms with van der Waals surface area (Å²) >= 11 is 0. The molecule has 10 nitrogen and oxygen atoms in total. The van der Waals surface area contributed by atoms with Crippen LogP contribution in [0.3, 0.4) is 0 Å². The fourth-order valence-corrected chi connectivity index (χ4v) is 7.02. The van der Waals surface area contributed by atoms with Gasteiger partial charge < -0.3 is 19.3 Å². The summed E-state index contributed by atoms with van der Waals surface area (Å²) in [5.74, 6) is -4.54. The molecule has 0 radical (unpaired) electrons. The molecule has 41 heavy (non-hydrogen) atoms. The van der Waals surface area contributed by atoms with Gasteiger partial charge in [-0.2, -0.15) is 0 Å². The lowest BCUT2D eigenvalue weighted by Gasteiger charge is -2.35. The highest BCUT2D eigenvalue weighted by molar-refractivity contribution is 6.09. The summed E-state index contributed by atoms with van der Waals surface area (Å²) in [6.45, 7) is 0.0304. The van der Waals surface area contributed by atoms with Crippen LogP contribution in [0, 0.1) is 17.8 Å². The molecule has 5 rings (SSSR count). The van der Waals surface area contributed by atoms with Crippen molar-refractivity contribution in [3.8, 4) is 11.5 Å². The van der Waals surface area contributed by atoms with Crippen LogP contribution >= 0.6 is 0 Å².